The molecular weight excluding hydrogens is 336 g/mol. The fourth-order valence-electron chi connectivity index (χ4n) is 3.21. The van der Waals surface area contributed by atoms with E-state index in [1.54, 1.807) is 12.0 Å². The van der Waals surface area contributed by atoms with Crippen LogP contribution in [-0.4, -0.2) is 31.5 Å². The van der Waals surface area contributed by atoms with E-state index in [2.05, 4.69) is 42.6 Å². The first-order valence-corrected chi connectivity index (χ1v) is 9.16. The highest BCUT2D eigenvalue weighted by molar-refractivity contribution is 5.86. The number of amides is 1. The third-order valence-corrected chi connectivity index (χ3v) is 4.85. The number of carbonyl (C=O) groups is 1. The van der Waals surface area contributed by atoms with Gasteiger partial charge in [0.15, 0.2) is 0 Å². The molecule has 1 unspecified atom stereocenters. The van der Waals surface area contributed by atoms with Gasteiger partial charge in [-0.15, -0.1) is 0 Å². The second-order valence-electron chi connectivity index (χ2n) is 6.77. The van der Waals surface area contributed by atoms with Crippen LogP contribution in [0.4, 0.5) is 0 Å². The zero-order valence-corrected chi connectivity index (χ0v) is 16.1. The maximum Gasteiger partial charge on any atom is 0.236 e. The lowest BCUT2D eigenvalue weighted by Crippen LogP contribution is -2.36. The maximum atomic E-state index is 12.5. The van der Waals surface area contributed by atoms with Crippen LogP contribution < -0.4 is 10.1 Å². The van der Waals surface area contributed by atoms with Gasteiger partial charge in [0.2, 0.25) is 5.91 Å². The predicted molar refractivity (Wildman–Crippen MR) is 110 cm³/mol. The summed E-state index contributed by atoms with van der Waals surface area (Å²) in [6.45, 7) is 2.97. The van der Waals surface area contributed by atoms with Crippen molar-refractivity contribution in [3.05, 3.63) is 77.9 Å². The smallest absolute Gasteiger partial charge is 0.236 e. The third-order valence-electron chi connectivity index (χ3n) is 4.85. The van der Waals surface area contributed by atoms with Gasteiger partial charge in [-0.2, -0.15) is 0 Å². The second-order valence-corrected chi connectivity index (χ2v) is 6.77. The lowest BCUT2D eigenvalue weighted by atomic mass is 10.00. The molecule has 0 fully saturated rings. The quantitative estimate of drug-likeness (QED) is 0.686. The number of fused-ring (bicyclic) bond motifs is 1. The molecule has 140 valence electrons. The van der Waals surface area contributed by atoms with E-state index in [0.29, 0.717) is 13.1 Å². The van der Waals surface area contributed by atoms with Gasteiger partial charge in [0.25, 0.3) is 0 Å². The first kappa shape index (κ1) is 18.9. The van der Waals surface area contributed by atoms with Gasteiger partial charge >= 0.3 is 0 Å². The summed E-state index contributed by atoms with van der Waals surface area (Å²) in [5.74, 6) is 0.885. The van der Waals surface area contributed by atoms with E-state index in [4.69, 9.17) is 4.74 Å². The van der Waals surface area contributed by atoms with Gasteiger partial charge in [-0.3, -0.25) is 4.79 Å². The van der Waals surface area contributed by atoms with Gasteiger partial charge in [-0.25, -0.2) is 0 Å². The van der Waals surface area contributed by atoms with E-state index in [0.717, 1.165) is 11.3 Å². The average Bonchev–Trinajstić information content (AvgIpc) is 2.71. The van der Waals surface area contributed by atoms with Crippen molar-refractivity contribution >= 4 is 16.7 Å². The van der Waals surface area contributed by atoms with Gasteiger partial charge in [-0.1, -0.05) is 54.6 Å². The van der Waals surface area contributed by atoms with E-state index in [1.807, 2.05) is 43.4 Å². The molecule has 3 aromatic rings. The molecule has 0 bridgehead atoms. The summed E-state index contributed by atoms with van der Waals surface area (Å²) in [7, 11) is 3.48. The molecule has 0 saturated heterocycles. The van der Waals surface area contributed by atoms with Crippen molar-refractivity contribution in [2.75, 3.05) is 20.7 Å². The Morgan fingerprint density at radius 1 is 1.04 bits per heavy atom. The maximum absolute atomic E-state index is 12.5. The Hall–Kier alpha value is -2.85. The molecule has 0 heterocycles. The Morgan fingerprint density at radius 2 is 1.74 bits per heavy atom. The molecule has 0 aliphatic carbocycles. The summed E-state index contributed by atoms with van der Waals surface area (Å²) < 4.78 is 5.17. The van der Waals surface area contributed by atoms with Gasteiger partial charge in [0.1, 0.15) is 5.75 Å². The number of nitrogens with one attached hydrogen (secondary N) is 1. The van der Waals surface area contributed by atoms with Crippen molar-refractivity contribution < 1.29 is 9.53 Å². The molecule has 3 rings (SSSR count). The lowest BCUT2D eigenvalue weighted by Gasteiger charge is -2.21. The van der Waals surface area contributed by atoms with Crippen LogP contribution in [0.25, 0.3) is 10.8 Å². The third kappa shape index (κ3) is 4.66. The zero-order chi connectivity index (χ0) is 19.2. The molecule has 1 amide bonds. The topological polar surface area (TPSA) is 41.6 Å². The SMILES string of the molecule is COc1ccc(CN(C)C(=O)CNC(C)c2cccc3ccccc23)cc1. The fourth-order valence-corrected chi connectivity index (χ4v) is 3.21. The minimum atomic E-state index is 0.0675. The highest BCUT2D eigenvalue weighted by Gasteiger charge is 2.13. The molecular formula is C23H26N2O2. The zero-order valence-electron chi connectivity index (χ0n) is 16.1. The summed E-state index contributed by atoms with van der Waals surface area (Å²) >= 11 is 0. The van der Waals surface area contributed by atoms with Crippen LogP contribution in [0.15, 0.2) is 66.7 Å². The summed E-state index contributed by atoms with van der Waals surface area (Å²) in [5.41, 5.74) is 2.28. The molecule has 1 atom stereocenters. The number of hydrogen-bond acceptors (Lipinski definition) is 3. The van der Waals surface area contributed by atoms with Gasteiger partial charge in [-0.05, 0) is 41.0 Å². The molecule has 0 radical (unpaired) electrons. The standard InChI is InChI=1S/C23H26N2O2/c1-17(21-10-6-8-19-7-4-5-9-22(19)21)24-15-23(26)25(2)16-18-11-13-20(27-3)14-12-18/h4-14,17,24H,15-16H2,1-3H3. The van der Waals surface area contributed by atoms with Crippen LogP contribution in [-0.2, 0) is 11.3 Å². The number of hydrogen-bond donors (Lipinski definition) is 1. The molecule has 27 heavy (non-hydrogen) atoms. The Labute approximate surface area is 160 Å². The van der Waals surface area contributed by atoms with E-state index in [1.165, 1.54) is 16.3 Å². The molecule has 4 nitrogen and oxygen atoms in total. The Bertz CT molecular complexity index is 900. The highest BCUT2D eigenvalue weighted by atomic mass is 16.5. The van der Waals surface area contributed by atoms with E-state index >= 15 is 0 Å². The molecule has 0 aromatic heterocycles. The summed E-state index contributed by atoms with van der Waals surface area (Å²) in [6.07, 6.45) is 0. The molecule has 0 aliphatic heterocycles. The first-order valence-electron chi connectivity index (χ1n) is 9.16. The summed E-state index contributed by atoms with van der Waals surface area (Å²) in [4.78, 5) is 14.2. The van der Waals surface area contributed by atoms with E-state index < -0.39 is 0 Å². The van der Waals surface area contributed by atoms with Crippen molar-refractivity contribution in [3.63, 3.8) is 0 Å². The van der Waals surface area contributed by atoms with Gasteiger partial charge in [0.05, 0.1) is 13.7 Å². The van der Waals surface area contributed by atoms with Crippen molar-refractivity contribution in [2.45, 2.75) is 19.5 Å². The van der Waals surface area contributed by atoms with Gasteiger partial charge < -0.3 is 15.0 Å². The van der Waals surface area contributed by atoms with E-state index in [-0.39, 0.29) is 11.9 Å². The Kier molecular flexibility index (Phi) is 6.09. The largest absolute Gasteiger partial charge is 0.497 e. The van der Waals surface area contributed by atoms with Gasteiger partial charge in [0, 0.05) is 19.6 Å². The van der Waals surface area contributed by atoms with Crippen molar-refractivity contribution in [2.24, 2.45) is 0 Å². The fraction of sp³-hybridized carbons (Fsp3) is 0.261. The number of likely N-dealkylation sites (N-methyl/N-ethyl adjacent to an activating group) is 1. The number of ether oxygens (including phenoxy) is 1. The molecule has 1 N–H and O–H groups in total. The number of carbonyl (C=O) groups excluding carboxylic acids is 1. The predicted octanol–water partition coefficient (Wildman–Crippen LogP) is 4.16. The number of benzene rings is 3. The van der Waals surface area contributed by atoms with Crippen LogP contribution >= 0.6 is 0 Å². The van der Waals surface area contributed by atoms with Crippen LogP contribution in [0.1, 0.15) is 24.1 Å². The van der Waals surface area contributed by atoms with Crippen molar-refractivity contribution in [3.8, 4) is 5.75 Å². The molecule has 0 spiro atoms. The summed E-state index contributed by atoms with van der Waals surface area (Å²) in [6, 6.07) is 22.5. The summed E-state index contributed by atoms with van der Waals surface area (Å²) in [5, 5.41) is 5.80. The molecule has 4 heteroatoms. The van der Waals surface area contributed by atoms with Crippen molar-refractivity contribution in [1.82, 2.24) is 10.2 Å². The first-order chi connectivity index (χ1) is 13.1. The molecule has 0 saturated carbocycles. The minimum absolute atomic E-state index is 0.0675. The number of rotatable bonds is 7. The monoisotopic (exact) mass is 362 g/mol. The average molecular weight is 362 g/mol. The second kappa shape index (κ2) is 8.69. The Balaban J connectivity index is 1.58. The molecule has 0 aliphatic rings. The van der Waals surface area contributed by atoms with Crippen LogP contribution in [0.5, 0.6) is 5.75 Å². The molecule has 3 aromatic carbocycles. The minimum Gasteiger partial charge on any atom is -0.497 e. The van der Waals surface area contributed by atoms with Crippen LogP contribution in [0.2, 0.25) is 0 Å². The van der Waals surface area contributed by atoms with Crippen molar-refractivity contribution in [1.29, 1.82) is 0 Å². The number of nitrogens with zero attached hydrogens (tertiary/aromatic N) is 1. The number of methoxy groups -OCH3 is 1. The normalized spacial score (nSPS) is 12.0. The highest BCUT2D eigenvalue weighted by Crippen LogP contribution is 2.23. The van der Waals surface area contributed by atoms with E-state index in [9.17, 15) is 4.79 Å². The Morgan fingerprint density at radius 3 is 2.48 bits per heavy atom. The lowest BCUT2D eigenvalue weighted by molar-refractivity contribution is -0.129. The van der Waals surface area contributed by atoms with Crippen LogP contribution in [0.3, 0.4) is 0 Å². The van der Waals surface area contributed by atoms with Crippen LogP contribution in [0, 0.1) is 0 Å².